The normalized spacial score (nSPS) is 14.8. The Bertz CT molecular complexity index is 733. The van der Waals surface area contributed by atoms with Crippen molar-refractivity contribution >= 4 is 17.7 Å². The number of nitrogens with two attached hydrogens (primary N) is 1. The Labute approximate surface area is 139 Å². The van der Waals surface area contributed by atoms with Gasteiger partial charge in [0, 0.05) is 57.6 Å². The van der Waals surface area contributed by atoms with E-state index in [1.165, 1.54) is 6.07 Å². The minimum atomic E-state index is -0.269. The number of carbonyl (C=O) groups is 1. The summed E-state index contributed by atoms with van der Waals surface area (Å²) in [6, 6.07) is 3.30. The van der Waals surface area contributed by atoms with Gasteiger partial charge in [0.05, 0.1) is 0 Å². The highest BCUT2D eigenvalue weighted by Crippen LogP contribution is 2.13. The predicted octanol–water partition coefficient (Wildman–Crippen LogP) is -0.322. The summed E-state index contributed by atoms with van der Waals surface area (Å²) in [5.74, 6) is 0.817. The zero-order chi connectivity index (χ0) is 16.9. The number of nitrogens with one attached hydrogen (secondary N) is 1. The Morgan fingerprint density at radius 3 is 2.75 bits per heavy atom. The molecule has 0 aliphatic carbocycles. The van der Waals surface area contributed by atoms with Crippen LogP contribution < -0.4 is 16.2 Å². The van der Waals surface area contributed by atoms with Crippen LogP contribution >= 0.6 is 0 Å². The Morgan fingerprint density at radius 1 is 1.29 bits per heavy atom. The summed E-state index contributed by atoms with van der Waals surface area (Å²) in [7, 11) is 0. The van der Waals surface area contributed by atoms with E-state index in [1.54, 1.807) is 6.20 Å². The molecule has 9 nitrogen and oxygen atoms in total. The third-order valence-electron chi connectivity index (χ3n) is 4.04. The minimum Gasteiger partial charge on any atom is -0.369 e. The van der Waals surface area contributed by atoms with Gasteiger partial charge in [-0.05, 0) is 12.5 Å². The number of hydrogen-bond acceptors (Lipinski definition) is 6. The van der Waals surface area contributed by atoms with Gasteiger partial charge in [0.25, 0.3) is 5.56 Å². The van der Waals surface area contributed by atoms with Crippen LogP contribution in [0.5, 0.6) is 0 Å². The van der Waals surface area contributed by atoms with Crippen molar-refractivity contribution in [2.45, 2.75) is 19.4 Å². The van der Waals surface area contributed by atoms with Crippen LogP contribution in [0.25, 0.3) is 0 Å². The van der Waals surface area contributed by atoms with Gasteiger partial charge >= 0.3 is 0 Å². The lowest BCUT2D eigenvalue weighted by atomic mass is 10.2. The number of anilines is 2. The summed E-state index contributed by atoms with van der Waals surface area (Å²) in [6.07, 6.45) is 4.91. The van der Waals surface area contributed by atoms with Crippen molar-refractivity contribution in [1.29, 1.82) is 0 Å². The zero-order valence-corrected chi connectivity index (χ0v) is 13.4. The first kappa shape index (κ1) is 16.0. The maximum atomic E-state index is 12.3. The summed E-state index contributed by atoms with van der Waals surface area (Å²) in [5, 5.41) is 4.12. The second-order valence-corrected chi connectivity index (χ2v) is 5.73. The van der Waals surface area contributed by atoms with E-state index in [9.17, 15) is 9.59 Å². The highest BCUT2D eigenvalue weighted by Gasteiger charge is 2.22. The molecule has 3 N–H and O–H groups in total. The summed E-state index contributed by atoms with van der Waals surface area (Å²) in [4.78, 5) is 34.1. The van der Waals surface area contributed by atoms with E-state index < -0.39 is 0 Å². The van der Waals surface area contributed by atoms with Crippen molar-refractivity contribution in [2.24, 2.45) is 0 Å². The fourth-order valence-corrected chi connectivity index (χ4v) is 2.79. The van der Waals surface area contributed by atoms with Crippen molar-refractivity contribution < 1.29 is 4.79 Å². The van der Waals surface area contributed by atoms with Gasteiger partial charge < -0.3 is 15.5 Å². The average molecular weight is 331 g/mol. The van der Waals surface area contributed by atoms with Crippen LogP contribution in [0.2, 0.25) is 0 Å². The molecule has 0 saturated carbocycles. The van der Waals surface area contributed by atoms with Gasteiger partial charge in [-0.15, -0.1) is 0 Å². The quantitative estimate of drug-likeness (QED) is 0.776. The lowest BCUT2D eigenvalue weighted by molar-refractivity contribution is -0.131. The Morgan fingerprint density at radius 2 is 2.08 bits per heavy atom. The molecule has 0 radical (unpaired) electrons. The number of piperazine rings is 1. The fourth-order valence-electron chi connectivity index (χ4n) is 2.79. The molecule has 1 amide bonds. The molecule has 9 heteroatoms. The van der Waals surface area contributed by atoms with Crippen molar-refractivity contribution in [2.75, 3.05) is 36.8 Å². The first-order valence-corrected chi connectivity index (χ1v) is 7.99. The second kappa shape index (κ2) is 7.16. The first-order chi connectivity index (χ1) is 11.6. The topological polar surface area (TPSA) is 113 Å². The van der Waals surface area contributed by atoms with Gasteiger partial charge in [0.2, 0.25) is 11.9 Å². The summed E-state index contributed by atoms with van der Waals surface area (Å²) in [6.45, 7) is 3.26. The van der Waals surface area contributed by atoms with Crippen LogP contribution in [0.1, 0.15) is 12.8 Å². The highest BCUT2D eigenvalue weighted by molar-refractivity contribution is 5.76. The number of nitrogen functional groups attached to an aromatic ring is 1. The molecule has 0 atom stereocenters. The van der Waals surface area contributed by atoms with Crippen LogP contribution in [0, 0.1) is 0 Å². The van der Waals surface area contributed by atoms with Crippen molar-refractivity contribution in [3.8, 4) is 0 Å². The monoisotopic (exact) mass is 331 g/mol. The van der Waals surface area contributed by atoms with E-state index >= 15 is 0 Å². The number of amides is 1. The lowest BCUT2D eigenvalue weighted by Gasteiger charge is -2.35. The van der Waals surface area contributed by atoms with Gasteiger partial charge in [-0.1, -0.05) is 0 Å². The Kier molecular flexibility index (Phi) is 4.78. The molecule has 24 heavy (non-hydrogen) atoms. The fraction of sp³-hybridized carbons (Fsp3) is 0.467. The third kappa shape index (κ3) is 3.92. The molecule has 0 unspecified atom stereocenters. The van der Waals surface area contributed by atoms with Crippen LogP contribution in [-0.2, 0) is 11.3 Å². The molecule has 1 fully saturated rings. The molecule has 1 saturated heterocycles. The molecule has 3 rings (SSSR count). The molecule has 0 aromatic carbocycles. The molecule has 2 aromatic heterocycles. The molecular weight excluding hydrogens is 310 g/mol. The number of nitrogens with zero attached hydrogens (tertiary/aromatic N) is 5. The van der Waals surface area contributed by atoms with E-state index in [0.29, 0.717) is 38.4 Å². The van der Waals surface area contributed by atoms with E-state index in [1.807, 2.05) is 26.7 Å². The molecule has 3 heterocycles. The highest BCUT2D eigenvalue weighted by atomic mass is 16.2. The number of rotatable bonds is 5. The number of H-pyrrole nitrogens is 1. The largest absolute Gasteiger partial charge is 0.369 e. The molecule has 1 aliphatic heterocycles. The molecule has 0 bridgehead atoms. The average Bonchev–Trinajstić information content (AvgIpc) is 3.07. The van der Waals surface area contributed by atoms with Crippen molar-refractivity contribution in [3.05, 3.63) is 34.9 Å². The van der Waals surface area contributed by atoms with Crippen molar-refractivity contribution in [1.82, 2.24) is 24.6 Å². The van der Waals surface area contributed by atoms with E-state index in [2.05, 4.69) is 15.1 Å². The number of aryl methyl sites for hydroxylation is 1. The van der Waals surface area contributed by atoms with Gasteiger partial charge in [0.15, 0.2) is 0 Å². The number of aromatic nitrogens is 4. The van der Waals surface area contributed by atoms with Crippen molar-refractivity contribution in [3.63, 3.8) is 0 Å². The molecule has 1 aliphatic rings. The van der Waals surface area contributed by atoms with Crippen LogP contribution in [0.3, 0.4) is 0 Å². The zero-order valence-electron chi connectivity index (χ0n) is 13.4. The number of aromatic amines is 1. The van der Waals surface area contributed by atoms with Gasteiger partial charge in [-0.2, -0.15) is 10.1 Å². The Balaban J connectivity index is 1.47. The van der Waals surface area contributed by atoms with Crippen LogP contribution in [0.15, 0.2) is 29.3 Å². The van der Waals surface area contributed by atoms with Crippen LogP contribution in [0.4, 0.5) is 11.8 Å². The van der Waals surface area contributed by atoms with Gasteiger partial charge in [-0.3, -0.25) is 19.3 Å². The van der Waals surface area contributed by atoms with Gasteiger partial charge in [-0.25, -0.2) is 0 Å². The number of hydrogen-bond donors (Lipinski definition) is 2. The maximum absolute atomic E-state index is 12.3. The van der Waals surface area contributed by atoms with E-state index in [0.717, 1.165) is 13.0 Å². The maximum Gasteiger partial charge on any atom is 0.254 e. The van der Waals surface area contributed by atoms with E-state index in [-0.39, 0.29) is 17.4 Å². The predicted molar refractivity (Wildman–Crippen MR) is 89.5 cm³/mol. The summed E-state index contributed by atoms with van der Waals surface area (Å²) in [5.41, 5.74) is 5.30. The molecular formula is C15H21N7O2. The number of carbonyl (C=O) groups excluding carboxylic acids is 1. The summed E-state index contributed by atoms with van der Waals surface area (Å²) >= 11 is 0. The first-order valence-electron chi connectivity index (χ1n) is 7.99. The van der Waals surface area contributed by atoms with E-state index in [4.69, 9.17) is 5.73 Å². The molecule has 128 valence electrons. The summed E-state index contributed by atoms with van der Waals surface area (Å²) < 4.78 is 1.83. The van der Waals surface area contributed by atoms with Crippen LogP contribution in [-0.4, -0.2) is 56.7 Å². The standard InChI is InChI=1S/C15H21N7O2/c16-15-18-12(11-13(23)19-15)20-7-9-21(10-8-20)14(24)3-1-5-22-6-2-4-17-22/h2,4,6,11H,1,3,5,7-10H2,(H3,16,18,19,23). The van der Waals surface area contributed by atoms with Gasteiger partial charge in [0.1, 0.15) is 5.82 Å². The Hall–Kier alpha value is -2.84. The SMILES string of the molecule is Nc1nc(N2CCN(C(=O)CCCn3cccn3)CC2)cc(=O)[nH]1. The molecule has 2 aromatic rings. The smallest absolute Gasteiger partial charge is 0.254 e. The minimum absolute atomic E-state index is 0.106. The second-order valence-electron chi connectivity index (χ2n) is 5.73. The molecule has 0 spiro atoms. The lowest BCUT2D eigenvalue weighted by Crippen LogP contribution is -2.49. The third-order valence-corrected chi connectivity index (χ3v) is 4.04.